The summed E-state index contributed by atoms with van der Waals surface area (Å²) in [4.78, 5) is 15.2. The Balaban J connectivity index is 1.17. The SMILES string of the molecule is c1ccc(-c2nc(-c3ccccc3)nc(-c3cc4ccc(-n5c6cc7ccccc7cc6c6ccc7ccccc7c65)cc4c4c3oc3ccccc34)n2)cc1. The molecule has 12 aromatic rings. The first-order chi connectivity index (χ1) is 27.7. The van der Waals surface area contributed by atoms with Crippen molar-refractivity contribution in [3.05, 3.63) is 182 Å². The molecule has 3 aromatic heterocycles. The van der Waals surface area contributed by atoms with Gasteiger partial charge in [0, 0.05) is 43.7 Å². The van der Waals surface area contributed by atoms with E-state index in [1.807, 2.05) is 72.8 Å². The zero-order chi connectivity index (χ0) is 36.7. The van der Waals surface area contributed by atoms with E-state index in [-0.39, 0.29) is 0 Å². The van der Waals surface area contributed by atoms with Crippen LogP contribution in [0.2, 0.25) is 0 Å². The van der Waals surface area contributed by atoms with Gasteiger partial charge in [-0.2, -0.15) is 0 Å². The maximum absolute atomic E-state index is 6.81. The maximum atomic E-state index is 6.81. The second-order valence-corrected chi connectivity index (χ2v) is 14.4. The molecule has 5 heteroatoms. The zero-order valence-electron chi connectivity index (χ0n) is 30.0. The number of furan rings is 1. The summed E-state index contributed by atoms with van der Waals surface area (Å²) in [5, 5.41) is 11.6. The Labute approximate surface area is 320 Å². The number of aromatic nitrogens is 4. The van der Waals surface area contributed by atoms with Gasteiger partial charge in [-0.3, -0.25) is 0 Å². The molecule has 56 heavy (non-hydrogen) atoms. The molecule has 0 aliphatic carbocycles. The van der Waals surface area contributed by atoms with Crippen LogP contribution in [-0.4, -0.2) is 19.5 Å². The third kappa shape index (κ3) is 4.64. The van der Waals surface area contributed by atoms with E-state index >= 15 is 0 Å². The summed E-state index contributed by atoms with van der Waals surface area (Å²) in [5.74, 6) is 1.79. The summed E-state index contributed by atoms with van der Waals surface area (Å²) >= 11 is 0. The minimum atomic E-state index is 0.563. The standard InChI is InChI=1S/C51H30N4O/c1-3-14-32(15-4-1)49-52-50(33-16-5-2-6-17-33)54-51(53-49)43-28-36-23-25-37(30-41(36)46-40-21-11-12-22-45(40)56-48(43)46)55-44-29-35-19-8-7-18-34(35)27-42(44)39-26-24-31-13-9-10-20-38(31)47(39)55/h1-30H. The topological polar surface area (TPSA) is 56.7 Å². The number of fused-ring (bicyclic) bond motifs is 11. The highest BCUT2D eigenvalue weighted by molar-refractivity contribution is 6.24. The van der Waals surface area contributed by atoms with Crippen LogP contribution in [0.4, 0.5) is 0 Å². The highest BCUT2D eigenvalue weighted by atomic mass is 16.3. The Morgan fingerprint density at radius 1 is 0.393 bits per heavy atom. The first-order valence-electron chi connectivity index (χ1n) is 18.9. The van der Waals surface area contributed by atoms with Crippen LogP contribution in [0, 0.1) is 0 Å². The zero-order valence-corrected chi connectivity index (χ0v) is 30.0. The van der Waals surface area contributed by atoms with Gasteiger partial charge >= 0.3 is 0 Å². The van der Waals surface area contributed by atoms with Crippen molar-refractivity contribution < 1.29 is 4.42 Å². The van der Waals surface area contributed by atoms with E-state index in [0.29, 0.717) is 17.5 Å². The summed E-state index contributed by atoms with van der Waals surface area (Å²) in [6.07, 6.45) is 0. The summed E-state index contributed by atoms with van der Waals surface area (Å²) in [6, 6.07) is 64.0. The predicted octanol–water partition coefficient (Wildman–Crippen LogP) is 13.3. The molecule has 0 aliphatic rings. The molecule has 9 aromatic carbocycles. The van der Waals surface area contributed by atoms with Crippen molar-refractivity contribution >= 4 is 76.1 Å². The minimum Gasteiger partial charge on any atom is -0.455 e. The predicted molar refractivity (Wildman–Crippen MR) is 230 cm³/mol. The molecular weight excluding hydrogens is 685 g/mol. The van der Waals surface area contributed by atoms with E-state index in [9.17, 15) is 0 Å². The number of nitrogens with zero attached hydrogens (tertiary/aromatic N) is 4. The fourth-order valence-corrected chi connectivity index (χ4v) is 8.58. The molecule has 5 nitrogen and oxygen atoms in total. The molecule has 0 saturated carbocycles. The van der Waals surface area contributed by atoms with E-state index < -0.39 is 0 Å². The van der Waals surface area contributed by atoms with Gasteiger partial charge in [-0.25, -0.2) is 15.0 Å². The van der Waals surface area contributed by atoms with Gasteiger partial charge in [0.2, 0.25) is 0 Å². The second-order valence-electron chi connectivity index (χ2n) is 14.4. The summed E-state index contributed by atoms with van der Waals surface area (Å²) in [5.41, 5.74) is 7.69. The van der Waals surface area contributed by atoms with Gasteiger partial charge in [0.15, 0.2) is 17.5 Å². The Hall–Kier alpha value is -7.63. The third-order valence-electron chi connectivity index (χ3n) is 11.2. The molecule has 0 atom stereocenters. The van der Waals surface area contributed by atoms with Gasteiger partial charge in [0.05, 0.1) is 16.6 Å². The molecule has 0 fully saturated rings. The molecule has 0 bridgehead atoms. The van der Waals surface area contributed by atoms with Crippen molar-refractivity contribution in [3.63, 3.8) is 0 Å². The normalized spacial score (nSPS) is 11.9. The minimum absolute atomic E-state index is 0.563. The van der Waals surface area contributed by atoms with Gasteiger partial charge in [-0.1, -0.05) is 146 Å². The Morgan fingerprint density at radius 2 is 1.00 bits per heavy atom. The van der Waals surface area contributed by atoms with Gasteiger partial charge in [-0.05, 0) is 63.3 Å². The average Bonchev–Trinajstić information content (AvgIpc) is 3.82. The lowest BCUT2D eigenvalue weighted by Crippen LogP contribution is -2.00. The van der Waals surface area contributed by atoms with Gasteiger partial charge in [0.1, 0.15) is 11.2 Å². The van der Waals surface area contributed by atoms with Crippen LogP contribution in [0.1, 0.15) is 0 Å². The average molecular weight is 715 g/mol. The number of benzene rings is 9. The van der Waals surface area contributed by atoms with E-state index in [4.69, 9.17) is 19.4 Å². The van der Waals surface area contributed by atoms with Crippen molar-refractivity contribution in [1.29, 1.82) is 0 Å². The molecule has 0 saturated heterocycles. The van der Waals surface area contributed by atoms with Gasteiger partial charge < -0.3 is 8.98 Å². The molecule has 12 rings (SSSR count). The highest BCUT2D eigenvalue weighted by Crippen LogP contribution is 2.43. The number of hydrogen-bond donors (Lipinski definition) is 0. The smallest absolute Gasteiger partial charge is 0.167 e. The van der Waals surface area contributed by atoms with E-state index in [2.05, 4.69) is 114 Å². The molecule has 260 valence electrons. The van der Waals surface area contributed by atoms with Crippen molar-refractivity contribution in [1.82, 2.24) is 19.5 Å². The highest BCUT2D eigenvalue weighted by Gasteiger charge is 2.22. The van der Waals surface area contributed by atoms with Crippen LogP contribution >= 0.6 is 0 Å². The molecule has 0 aliphatic heterocycles. The number of para-hydroxylation sites is 1. The van der Waals surface area contributed by atoms with Crippen LogP contribution in [0.25, 0.3) is 116 Å². The van der Waals surface area contributed by atoms with Crippen LogP contribution in [0.15, 0.2) is 186 Å². The van der Waals surface area contributed by atoms with Gasteiger partial charge in [-0.15, -0.1) is 0 Å². The van der Waals surface area contributed by atoms with E-state index in [1.54, 1.807) is 0 Å². The molecule has 0 amide bonds. The van der Waals surface area contributed by atoms with Crippen LogP contribution < -0.4 is 0 Å². The quantitative estimate of drug-likeness (QED) is 0.182. The number of hydrogen-bond acceptors (Lipinski definition) is 4. The first-order valence-corrected chi connectivity index (χ1v) is 18.9. The monoisotopic (exact) mass is 714 g/mol. The van der Waals surface area contributed by atoms with Gasteiger partial charge in [0.25, 0.3) is 0 Å². The van der Waals surface area contributed by atoms with Crippen molar-refractivity contribution in [2.45, 2.75) is 0 Å². The fourth-order valence-electron chi connectivity index (χ4n) is 8.58. The van der Waals surface area contributed by atoms with Crippen LogP contribution in [0.3, 0.4) is 0 Å². The van der Waals surface area contributed by atoms with Crippen molar-refractivity contribution in [2.75, 3.05) is 0 Å². The Morgan fingerprint density at radius 3 is 1.75 bits per heavy atom. The van der Waals surface area contributed by atoms with Crippen LogP contribution in [-0.2, 0) is 0 Å². The number of rotatable bonds is 4. The largest absolute Gasteiger partial charge is 0.455 e. The lowest BCUT2D eigenvalue weighted by molar-refractivity contribution is 0.670. The van der Waals surface area contributed by atoms with Crippen LogP contribution in [0.5, 0.6) is 0 Å². The lowest BCUT2D eigenvalue weighted by atomic mass is 9.99. The summed E-state index contributed by atoms with van der Waals surface area (Å²) in [7, 11) is 0. The first kappa shape index (κ1) is 30.8. The molecule has 0 radical (unpaired) electrons. The van der Waals surface area contributed by atoms with Crippen molar-refractivity contribution in [3.8, 4) is 39.9 Å². The summed E-state index contributed by atoms with van der Waals surface area (Å²) in [6.45, 7) is 0. The molecule has 0 unspecified atom stereocenters. The second kappa shape index (κ2) is 11.9. The third-order valence-corrected chi connectivity index (χ3v) is 11.2. The fraction of sp³-hybridized carbons (Fsp3) is 0. The lowest BCUT2D eigenvalue weighted by Gasteiger charge is -2.13. The maximum Gasteiger partial charge on any atom is 0.167 e. The Kier molecular flexibility index (Phi) is 6.56. The van der Waals surface area contributed by atoms with E-state index in [0.717, 1.165) is 55.1 Å². The molecule has 0 N–H and O–H groups in total. The molecular formula is C51H30N4O. The van der Waals surface area contributed by atoms with Crippen molar-refractivity contribution in [2.24, 2.45) is 0 Å². The van der Waals surface area contributed by atoms with E-state index in [1.165, 1.54) is 43.4 Å². The Bertz CT molecular complexity index is 3470. The molecule has 0 spiro atoms. The molecule has 3 heterocycles. The summed E-state index contributed by atoms with van der Waals surface area (Å²) < 4.78 is 9.26.